The molecule has 152 valence electrons. The van der Waals surface area contributed by atoms with Gasteiger partial charge < -0.3 is 10.1 Å². The summed E-state index contributed by atoms with van der Waals surface area (Å²) in [7, 11) is 0. The first-order valence-electron chi connectivity index (χ1n) is 9.81. The Morgan fingerprint density at radius 3 is 2.83 bits per heavy atom. The van der Waals surface area contributed by atoms with Gasteiger partial charge in [-0.05, 0) is 63.8 Å². The maximum Gasteiger partial charge on any atom is 0.263 e. The van der Waals surface area contributed by atoms with E-state index in [0.29, 0.717) is 27.8 Å². The first-order chi connectivity index (χ1) is 13.9. The van der Waals surface area contributed by atoms with Gasteiger partial charge in [-0.3, -0.25) is 4.79 Å². The number of nitrogens with zero attached hydrogens (tertiary/aromatic N) is 4. The largest absolute Gasteiger partial charge is 0.376 e. The van der Waals surface area contributed by atoms with E-state index in [9.17, 15) is 4.79 Å². The second-order valence-corrected chi connectivity index (χ2v) is 8.48. The molecule has 0 unspecified atom stereocenters. The Hall–Kier alpha value is -2.58. The lowest BCUT2D eigenvalue weighted by Gasteiger charge is -2.09. The second-order valence-electron chi connectivity index (χ2n) is 7.48. The summed E-state index contributed by atoms with van der Waals surface area (Å²) in [6.07, 6.45) is 2.17. The molecule has 3 aromatic rings. The average molecular weight is 412 g/mol. The molecule has 1 fully saturated rings. The number of aromatic nitrogens is 4. The monoisotopic (exact) mass is 411 g/mol. The molecule has 0 bridgehead atoms. The summed E-state index contributed by atoms with van der Waals surface area (Å²) in [5.41, 5.74) is 5.71. The Balaban J connectivity index is 1.56. The Labute approximate surface area is 174 Å². The molecule has 0 spiro atoms. The van der Waals surface area contributed by atoms with E-state index in [2.05, 4.69) is 46.6 Å². The van der Waals surface area contributed by atoms with Crippen LogP contribution in [-0.2, 0) is 4.74 Å². The highest BCUT2D eigenvalue weighted by atomic mass is 32.1. The van der Waals surface area contributed by atoms with Crippen LogP contribution < -0.4 is 5.32 Å². The molecule has 0 aliphatic carbocycles. The summed E-state index contributed by atoms with van der Waals surface area (Å²) in [5.74, 6) is -0.110. The number of hydrogen-bond donors (Lipinski definition) is 1. The van der Waals surface area contributed by atoms with Gasteiger partial charge in [0, 0.05) is 13.2 Å². The summed E-state index contributed by atoms with van der Waals surface area (Å²) >= 11 is 1.35. The predicted molar refractivity (Wildman–Crippen MR) is 113 cm³/mol. The smallest absolute Gasteiger partial charge is 0.263 e. The van der Waals surface area contributed by atoms with Crippen LogP contribution in [0.15, 0.2) is 18.2 Å². The van der Waals surface area contributed by atoms with Crippen LogP contribution in [-0.4, -0.2) is 45.1 Å². The minimum Gasteiger partial charge on any atom is -0.376 e. The van der Waals surface area contributed by atoms with Gasteiger partial charge in [-0.15, -0.1) is 16.4 Å². The van der Waals surface area contributed by atoms with Crippen molar-refractivity contribution in [3.05, 3.63) is 45.6 Å². The van der Waals surface area contributed by atoms with Gasteiger partial charge in [0.25, 0.3) is 5.91 Å². The minimum absolute atomic E-state index is 0.110. The molecule has 1 atom stereocenters. The molecule has 1 N–H and O–H groups in total. The van der Waals surface area contributed by atoms with Crippen LogP contribution in [0.2, 0.25) is 0 Å². The highest BCUT2D eigenvalue weighted by Crippen LogP contribution is 2.29. The average Bonchev–Trinajstić information content (AvgIpc) is 3.42. The number of carbonyl (C=O) groups is 1. The topological polar surface area (TPSA) is 81.9 Å². The van der Waals surface area contributed by atoms with Gasteiger partial charge in [-0.25, -0.2) is 9.67 Å². The number of nitrogens with one attached hydrogen (secondary N) is 1. The molecule has 29 heavy (non-hydrogen) atoms. The first kappa shape index (κ1) is 19.7. The second kappa shape index (κ2) is 8.04. The van der Waals surface area contributed by atoms with Crippen molar-refractivity contribution in [2.24, 2.45) is 0 Å². The number of carbonyl (C=O) groups excluding carboxylic acids is 1. The zero-order valence-corrected chi connectivity index (χ0v) is 18.0. The fourth-order valence-electron chi connectivity index (χ4n) is 3.43. The van der Waals surface area contributed by atoms with Gasteiger partial charge in [0.2, 0.25) is 0 Å². The molecular formula is C21H25N5O2S. The van der Waals surface area contributed by atoms with E-state index in [0.717, 1.165) is 30.8 Å². The molecule has 1 aromatic carbocycles. The van der Waals surface area contributed by atoms with Crippen molar-refractivity contribution in [2.45, 2.75) is 46.6 Å². The van der Waals surface area contributed by atoms with Crippen LogP contribution in [0.25, 0.3) is 16.4 Å². The number of rotatable bonds is 5. The number of ether oxygens (including phenoxy) is 1. The Bertz CT molecular complexity index is 1050. The molecule has 7 nitrogen and oxygen atoms in total. The number of aryl methyl sites for hydroxylation is 3. The van der Waals surface area contributed by atoms with Crippen LogP contribution in [0.5, 0.6) is 0 Å². The molecule has 1 aliphatic heterocycles. The molecule has 3 heterocycles. The van der Waals surface area contributed by atoms with Crippen molar-refractivity contribution < 1.29 is 9.53 Å². The lowest BCUT2D eigenvalue weighted by molar-refractivity contribution is 0.0860. The van der Waals surface area contributed by atoms with Gasteiger partial charge in [0.1, 0.15) is 15.6 Å². The van der Waals surface area contributed by atoms with E-state index < -0.39 is 0 Å². The molecule has 2 aromatic heterocycles. The third-order valence-corrected chi connectivity index (χ3v) is 6.51. The zero-order chi connectivity index (χ0) is 20.5. The van der Waals surface area contributed by atoms with Gasteiger partial charge >= 0.3 is 0 Å². The van der Waals surface area contributed by atoms with E-state index >= 15 is 0 Å². The highest BCUT2D eigenvalue weighted by Gasteiger charge is 2.22. The summed E-state index contributed by atoms with van der Waals surface area (Å²) in [6, 6.07) is 6.21. The quantitative estimate of drug-likeness (QED) is 0.694. The molecule has 0 saturated carbocycles. The van der Waals surface area contributed by atoms with E-state index in [-0.39, 0.29) is 12.0 Å². The minimum atomic E-state index is -0.110. The van der Waals surface area contributed by atoms with E-state index in [1.54, 1.807) is 0 Å². The number of amides is 1. The van der Waals surface area contributed by atoms with Crippen molar-refractivity contribution in [2.75, 3.05) is 13.2 Å². The van der Waals surface area contributed by atoms with Crippen molar-refractivity contribution >= 4 is 17.2 Å². The lowest BCUT2D eigenvalue weighted by Crippen LogP contribution is -2.31. The Morgan fingerprint density at radius 1 is 1.28 bits per heavy atom. The maximum absolute atomic E-state index is 12.6. The zero-order valence-electron chi connectivity index (χ0n) is 17.2. The normalized spacial score (nSPS) is 16.3. The lowest BCUT2D eigenvalue weighted by atomic mass is 10.1. The van der Waals surface area contributed by atoms with Crippen molar-refractivity contribution in [3.63, 3.8) is 0 Å². The summed E-state index contributed by atoms with van der Waals surface area (Å²) < 4.78 is 7.39. The van der Waals surface area contributed by atoms with Gasteiger partial charge in [0.05, 0.1) is 23.2 Å². The summed E-state index contributed by atoms with van der Waals surface area (Å²) in [5, 5.41) is 12.3. The fraction of sp³-hybridized carbons (Fsp3) is 0.429. The molecular weight excluding hydrogens is 386 g/mol. The fourth-order valence-corrected chi connectivity index (χ4v) is 4.45. The first-order valence-corrected chi connectivity index (χ1v) is 10.6. The molecule has 4 rings (SSSR count). The molecule has 8 heteroatoms. The van der Waals surface area contributed by atoms with E-state index in [1.165, 1.54) is 22.5 Å². The Kier molecular flexibility index (Phi) is 5.47. The van der Waals surface area contributed by atoms with Crippen LogP contribution in [0, 0.1) is 27.7 Å². The molecule has 1 amide bonds. The van der Waals surface area contributed by atoms with Crippen LogP contribution in [0.1, 0.15) is 45.0 Å². The van der Waals surface area contributed by atoms with Gasteiger partial charge in [-0.2, -0.15) is 0 Å². The third kappa shape index (κ3) is 3.95. The summed E-state index contributed by atoms with van der Waals surface area (Å²) in [4.78, 5) is 17.8. The molecule has 1 saturated heterocycles. The SMILES string of the molecule is Cc1ccc(-n2nnc(-c3nc(C)c(C(=O)NC[C@H]4CCCO4)s3)c2C)cc1C. The van der Waals surface area contributed by atoms with Crippen LogP contribution in [0.4, 0.5) is 0 Å². The maximum atomic E-state index is 12.6. The van der Waals surface area contributed by atoms with Gasteiger partial charge in [0.15, 0.2) is 0 Å². The van der Waals surface area contributed by atoms with Gasteiger partial charge in [-0.1, -0.05) is 11.3 Å². The predicted octanol–water partition coefficient (Wildman–Crippen LogP) is 3.53. The van der Waals surface area contributed by atoms with Crippen molar-refractivity contribution in [1.29, 1.82) is 0 Å². The number of hydrogen-bond acceptors (Lipinski definition) is 6. The summed E-state index contributed by atoms with van der Waals surface area (Å²) in [6.45, 7) is 9.30. The highest BCUT2D eigenvalue weighted by molar-refractivity contribution is 7.17. The molecule has 0 radical (unpaired) electrons. The van der Waals surface area contributed by atoms with Crippen molar-refractivity contribution in [1.82, 2.24) is 25.3 Å². The van der Waals surface area contributed by atoms with E-state index in [4.69, 9.17) is 4.74 Å². The van der Waals surface area contributed by atoms with Crippen LogP contribution in [0.3, 0.4) is 0 Å². The van der Waals surface area contributed by atoms with E-state index in [1.807, 2.05) is 24.6 Å². The van der Waals surface area contributed by atoms with Crippen molar-refractivity contribution in [3.8, 4) is 16.4 Å². The number of thiazole rings is 1. The Morgan fingerprint density at radius 2 is 2.10 bits per heavy atom. The standard InChI is InChI=1S/C21H25N5O2S/c1-12-7-8-16(10-13(12)2)26-15(4)18(24-25-26)21-23-14(3)19(29-21)20(27)22-11-17-6-5-9-28-17/h7-8,10,17H,5-6,9,11H2,1-4H3,(H,22,27)/t17-/m1/s1. The molecule has 1 aliphatic rings. The number of benzene rings is 1. The van der Waals surface area contributed by atoms with Crippen LogP contribution >= 0.6 is 11.3 Å². The third-order valence-electron chi connectivity index (χ3n) is 5.35.